The summed E-state index contributed by atoms with van der Waals surface area (Å²) in [4.78, 5) is 27.7. The molecule has 1 saturated heterocycles. The van der Waals surface area contributed by atoms with Crippen LogP contribution in [-0.4, -0.2) is 56.3 Å². The molecule has 1 aromatic heterocycles. The van der Waals surface area contributed by atoms with Gasteiger partial charge in [-0.2, -0.15) is 0 Å². The van der Waals surface area contributed by atoms with Gasteiger partial charge < -0.3 is 15.0 Å². The number of tetrazole rings is 1. The van der Waals surface area contributed by atoms with Crippen LogP contribution in [0.4, 0.5) is 5.69 Å². The molecule has 0 saturated carbocycles. The van der Waals surface area contributed by atoms with Crippen molar-refractivity contribution in [2.75, 3.05) is 24.7 Å². The maximum absolute atomic E-state index is 13.4. The molecule has 0 radical (unpaired) electrons. The van der Waals surface area contributed by atoms with Crippen molar-refractivity contribution in [2.24, 2.45) is 7.05 Å². The van der Waals surface area contributed by atoms with E-state index < -0.39 is 0 Å². The van der Waals surface area contributed by atoms with Crippen molar-refractivity contribution in [1.82, 2.24) is 25.1 Å². The number of ether oxygens (including phenoxy) is 1. The van der Waals surface area contributed by atoms with Gasteiger partial charge in [0.2, 0.25) is 11.1 Å². The Morgan fingerprint density at radius 3 is 2.53 bits per heavy atom. The largest absolute Gasteiger partial charge is 0.497 e. The molecule has 0 bridgehead atoms. The molecule has 0 spiro atoms. The minimum Gasteiger partial charge on any atom is -0.497 e. The molecule has 9 nitrogen and oxygen atoms in total. The quantitative estimate of drug-likeness (QED) is 0.514. The van der Waals surface area contributed by atoms with Gasteiger partial charge in [-0.3, -0.25) is 9.59 Å². The first-order chi connectivity index (χ1) is 16.5. The number of aryl methyl sites for hydroxylation is 1. The number of aromatic nitrogens is 4. The Hall–Kier alpha value is -3.40. The zero-order valence-electron chi connectivity index (χ0n) is 19.3. The van der Waals surface area contributed by atoms with E-state index in [9.17, 15) is 9.59 Å². The molecule has 2 aromatic carbocycles. The molecule has 2 amide bonds. The van der Waals surface area contributed by atoms with Gasteiger partial charge in [0.05, 0.1) is 18.9 Å². The van der Waals surface area contributed by atoms with Crippen molar-refractivity contribution in [3.8, 4) is 5.75 Å². The number of carbonyl (C=O) groups is 2. The number of hydrogen-bond donors (Lipinski definition) is 1. The second-order valence-corrected chi connectivity index (χ2v) is 9.08. The van der Waals surface area contributed by atoms with E-state index in [0.29, 0.717) is 16.4 Å². The summed E-state index contributed by atoms with van der Waals surface area (Å²) in [6.45, 7) is 0.724. The number of thioether (sulfide) groups is 1. The fourth-order valence-electron chi connectivity index (χ4n) is 4.06. The average Bonchev–Trinajstić information content (AvgIpc) is 3.12. The van der Waals surface area contributed by atoms with E-state index in [1.54, 1.807) is 38.4 Å². The molecule has 1 fully saturated rings. The number of nitrogens with one attached hydrogen (secondary N) is 1. The predicted octanol–water partition coefficient (Wildman–Crippen LogP) is 3.71. The Bertz CT molecular complexity index is 1120. The molecule has 0 aliphatic carbocycles. The van der Waals surface area contributed by atoms with Gasteiger partial charge in [0.1, 0.15) is 5.75 Å². The minimum atomic E-state index is -0.167. The molecule has 1 aliphatic heterocycles. The number of rotatable bonds is 7. The Morgan fingerprint density at radius 1 is 1.09 bits per heavy atom. The SMILES string of the molecule is COc1ccc([C@H]2CCCCCN2C(=O)c2ccc(NC(=O)CSc3nnnn3C)cc2)cc1. The van der Waals surface area contributed by atoms with Gasteiger partial charge in [-0.15, -0.1) is 5.10 Å². The van der Waals surface area contributed by atoms with Crippen LogP contribution in [0, 0.1) is 0 Å². The van der Waals surface area contributed by atoms with Crippen LogP contribution in [0.5, 0.6) is 5.75 Å². The van der Waals surface area contributed by atoms with Crippen LogP contribution in [0.1, 0.15) is 47.6 Å². The lowest BCUT2D eigenvalue weighted by molar-refractivity contribution is -0.113. The number of anilines is 1. The number of likely N-dealkylation sites (tertiary alicyclic amines) is 1. The summed E-state index contributed by atoms with van der Waals surface area (Å²) in [6.07, 6.45) is 4.13. The highest BCUT2D eigenvalue weighted by molar-refractivity contribution is 7.99. The van der Waals surface area contributed by atoms with Gasteiger partial charge >= 0.3 is 0 Å². The molecule has 2 heterocycles. The molecule has 1 atom stereocenters. The Balaban J connectivity index is 1.41. The first-order valence-corrected chi connectivity index (χ1v) is 12.2. The number of benzene rings is 2. The highest BCUT2D eigenvalue weighted by Crippen LogP contribution is 2.32. The number of carbonyl (C=O) groups excluding carboxylic acids is 2. The van der Waals surface area contributed by atoms with Crippen LogP contribution >= 0.6 is 11.8 Å². The van der Waals surface area contributed by atoms with Crippen LogP contribution in [0.3, 0.4) is 0 Å². The van der Waals surface area contributed by atoms with E-state index in [2.05, 4.69) is 20.8 Å². The number of nitrogens with zero attached hydrogens (tertiary/aromatic N) is 5. The van der Waals surface area contributed by atoms with Crippen molar-refractivity contribution in [2.45, 2.75) is 36.9 Å². The zero-order chi connectivity index (χ0) is 23.9. The maximum Gasteiger partial charge on any atom is 0.254 e. The third-order valence-electron chi connectivity index (χ3n) is 5.84. The van der Waals surface area contributed by atoms with E-state index in [-0.39, 0.29) is 23.6 Å². The highest BCUT2D eigenvalue weighted by atomic mass is 32.2. The van der Waals surface area contributed by atoms with Gasteiger partial charge in [0, 0.05) is 24.8 Å². The lowest BCUT2D eigenvalue weighted by Gasteiger charge is -2.31. The Labute approximate surface area is 202 Å². The minimum absolute atomic E-state index is 0.00549. The molecule has 34 heavy (non-hydrogen) atoms. The summed E-state index contributed by atoms with van der Waals surface area (Å²) < 4.78 is 6.80. The smallest absolute Gasteiger partial charge is 0.254 e. The summed E-state index contributed by atoms with van der Waals surface area (Å²) in [5, 5.41) is 14.6. The average molecular weight is 481 g/mol. The van der Waals surface area contributed by atoms with Gasteiger partial charge in [0.25, 0.3) is 5.91 Å². The van der Waals surface area contributed by atoms with E-state index in [0.717, 1.165) is 43.5 Å². The second-order valence-electron chi connectivity index (χ2n) is 8.14. The third kappa shape index (κ3) is 5.74. The highest BCUT2D eigenvalue weighted by Gasteiger charge is 2.27. The monoisotopic (exact) mass is 480 g/mol. The molecule has 10 heteroatoms. The number of hydrogen-bond acceptors (Lipinski definition) is 7. The molecular weight excluding hydrogens is 452 g/mol. The van der Waals surface area contributed by atoms with Crippen molar-refractivity contribution in [3.63, 3.8) is 0 Å². The van der Waals surface area contributed by atoms with Crippen LogP contribution in [0.25, 0.3) is 0 Å². The van der Waals surface area contributed by atoms with E-state index >= 15 is 0 Å². The fourth-order valence-corrected chi connectivity index (χ4v) is 4.71. The predicted molar refractivity (Wildman–Crippen MR) is 130 cm³/mol. The van der Waals surface area contributed by atoms with Crippen molar-refractivity contribution >= 4 is 29.3 Å². The summed E-state index contributed by atoms with van der Waals surface area (Å²) in [6, 6.07) is 15.1. The lowest BCUT2D eigenvalue weighted by atomic mass is 10.00. The third-order valence-corrected chi connectivity index (χ3v) is 6.85. The summed E-state index contributed by atoms with van der Waals surface area (Å²) in [7, 11) is 3.37. The van der Waals surface area contributed by atoms with E-state index in [1.807, 2.05) is 29.2 Å². The lowest BCUT2D eigenvalue weighted by Crippen LogP contribution is -2.34. The maximum atomic E-state index is 13.4. The van der Waals surface area contributed by atoms with Crippen molar-refractivity contribution in [1.29, 1.82) is 0 Å². The van der Waals surface area contributed by atoms with Gasteiger partial charge in [0.15, 0.2) is 0 Å². The van der Waals surface area contributed by atoms with Crippen LogP contribution in [0.2, 0.25) is 0 Å². The summed E-state index contributed by atoms with van der Waals surface area (Å²) in [5.74, 6) is 0.830. The van der Waals surface area contributed by atoms with Crippen molar-refractivity contribution < 1.29 is 14.3 Å². The Morgan fingerprint density at radius 2 is 1.85 bits per heavy atom. The second kappa shape index (κ2) is 11.1. The number of amides is 2. The van der Waals surface area contributed by atoms with Crippen LogP contribution in [0.15, 0.2) is 53.7 Å². The van der Waals surface area contributed by atoms with Crippen LogP contribution in [-0.2, 0) is 11.8 Å². The Kier molecular flexibility index (Phi) is 7.79. The van der Waals surface area contributed by atoms with E-state index in [1.165, 1.54) is 16.4 Å². The topological polar surface area (TPSA) is 102 Å². The molecule has 1 aliphatic rings. The van der Waals surface area contributed by atoms with E-state index in [4.69, 9.17) is 4.74 Å². The molecule has 178 valence electrons. The fraction of sp³-hybridized carbons (Fsp3) is 0.375. The first-order valence-electron chi connectivity index (χ1n) is 11.2. The number of methoxy groups -OCH3 is 1. The molecule has 0 unspecified atom stereocenters. The van der Waals surface area contributed by atoms with Crippen molar-refractivity contribution in [3.05, 3.63) is 59.7 Å². The summed E-state index contributed by atoms with van der Waals surface area (Å²) >= 11 is 1.26. The molecule has 4 rings (SSSR count). The molecular formula is C24H28N6O3S. The van der Waals surface area contributed by atoms with Gasteiger partial charge in [-0.1, -0.05) is 36.7 Å². The first kappa shape index (κ1) is 23.7. The molecule has 3 aromatic rings. The normalized spacial score (nSPS) is 16.1. The van der Waals surface area contributed by atoms with Gasteiger partial charge in [-0.05, 0) is 65.2 Å². The molecule has 1 N–H and O–H groups in total. The summed E-state index contributed by atoms with van der Waals surface area (Å²) in [5.41, 5.74) is 2.37. The zero-order valence-corrected chi connectivity index (χ0v) is 20.1. The standard InChI is InChI=1S/C24H28N6O3S/c1-29-24(26-27-28-29)34-16-22(31)25-19-11-7-18(8-12-19)23(32)30-15-5-3-4-6-21(30)17-9-13-20(33-2)14-10-17/h7-14,21H,3-6,15-16H2,1-2H3,(H,25,31)/t21-/m1/s1. The van der Waals surface area contributed by atoms with Gasteiger partial charge in [-0.25, -0.2) is 4.68 Å². The van der Waals surface area contributed by atoms with Crippen LogP contribution < -0.4 is 10.1 Å².